The summed E-state index contributed by atoms with van der Waals surface area (Å²) < 4.78 is 18.6. The quantitative estimate of drug-likeness (QED) is 0.662. The molecule has 1 atom stereocenters. The molecule has 0 spiro atoms. The number of ether oxygens (including phenoxy) is 3. The molecule has 7 heteroatoms. The molecule has 1 aromatic heterocycles. The minimum Gasteiger partial charge on any atom is -0.493 e. The highest BCUT2D eigenvalue weighted by Gasteiger charge is 2.20. The Morgan fingerprint density at radius 2 is 2.07 bits per heavy atom. The lowest BCUT2D eigenvalue weighted by atomic mass is 10.1. The van der Waals surface area contributed by atoms with E-state index in [1.165, 1.54) is 0 Å². The van der Waals surface area contributed by atoms with Crippen LogP contribution in [0.1, 0.15) is 12.8 Å². The Bertz CT molecular complexity index is 965. The van der Waals surface area contributed by atoms with Crippen LogP contribution in [-0.2, 0) is 16.1 Å². The van der Waals surface area contributed by atoms with Crippen molar-refractivity contribution in [3.8, 4) is 22.8 Å². The summed E-state index contributed by atoms with van der Waals surface area (Å²) in [5, 5.41) is 7.18. The van der Waals surface area contributed by atoms with Gasteiger partial charge in [-0.25, -0.2) is 0 Å². The number of nitrogens with one attached hydrogen (secondary N) is 1. The summed E-state index contributed by atoms with van der Waals surface area (Å²) >= 11 is 0. The van der Waals surface area contributed by atoms with Crippen molar-refractivity contribution in [3.63, 3.8) is 0 Å². The van der Waals surface area contributed by atoms with E-state index in [-0.39, 0.29) is 18.7 Å². The Labute approximate surface area is 169 Å². The van der Waals surface area contributed by atoms with Crippen LogP contribution in [0.5, 0.6) is 11.5 Å². The maximum atomic E-state index is 12.4. The van der Waals surface area contributed by atoms with Gasteiger partial charge in [-0.1, -0.05) is 18.2 Å². The van der Waals surface area contributed by atoms with Crippen molar-refractivity contribution in [3.05, 3.63) is 60.8 Å². The first-order valence-electron chi connectivity index (χ1n) is 9.56. The minimum atomic E-state index is -0.263. The zero-order valence-electron chi connectivity index (χ0n) is 16.2. The van der Waals surface area contributed by atoms with E-state index < -0.39 is 0 Å². The second-order valence-corrected chi connectivity index (χ2v) is 6.71. The van der Waals surface area contributed by atoms with E-state index in [4.69, 9.17) is 14.2 Å². The summed E-state index contributed by atoms with van der Waals surface area (Å²) in [5.41, 5.74) is 2.44. The van der Waals surface area contributed by atoms with Crippen LogP contribution in [0.2, 0.25) is 0 Å². The summed E-state index contributed by atoms with van der Waals surface area (Å²) in [7, 11) is 1.61. The standard InChI is InChI=1S/C22H23N3O4/c1-27-19-10-9-16(14-20(19)29-22-8-5-13-28-22)18-11-12-23-25(18)15-21(26)24-17-6-3-2-4-7-17/h2-4,6-7,9-12,14,22H,5,8,13,15H2,1H3,(H,24,26)/t22-/m0/s1. The minimum absolute atomic E-state index is 0.102. The van der Waals surface area contributed by atoms with Crippen LogP contribution in [0.4, 0.5) is 5.69 Å². The van der Waals surface area contributed by atoms with E-state index >= 15 is 0 Å². The molecule has 29 heavy (non-hydrogen) atoms. The highest BCUT2D eigenvalue weighted by molar-refractivity contribution is 5.90. The maximum Gasteiger partial charge on any atom is 0.246 e. The summed E-state index contributed by atoms with van der Waals surface area (Å²) in [6.45, 7) is 0.807. The van der Waals surface area contributed by atoms with E-state index in [1.807, 2.05) is 54.6 Å². The number of benzene rings is 2. The lowest BCUT2D eigenvalue weighted by Crippen LogP contribution is -2.20. The van der Waals surface area contributed by atoms with Crippen LogP contribution in [0.15, 0.2) is 60.8 Å². The molecule has 1 fully saturated rings. The Morgan fingerprint density at radius 1 is 1.21 bits per heavy atom. The molecule has 2 heterocycles. The second kappa shape index (κ2) is 8.79. The second-order valence-electron chi connectivity index (χ2n) is 6.71. The highest BCUT2D eigenvalue weighted by Crippen LogP contribution is 2.34. The van der Waals surface area contributed by atoms with Gasteiger partial charge in [-0.15, -0.1) is 0 Å². The number of aromatic nitrogens is 2. The Hall–Kier alpha value is -3.32. The van der Waals surface area contributed by atoms with Gasteiger partial charge in [-0.05, 0) is 42.8 Å². The number of methoxy groups -OCH3 is 1. The molecule has 1 aliphatic heterocycles. The van der Waals surface area contributed by atoms with Gasteiger partial charge in [0.15, 0.2) is 17.8 Å². The monoisotopic (exact) mass is 393 g/mol. The Kier molecular flexibility index (Phi) is 5.76. The number of carbonyl (C=O) groups is 1. The molecule has 1 aliphatic rings. The average Bonchev–Trinajstić information content (AvgIpc) is 3.41. The van der Waals surface area contributed by atoms with Crippen molar-refractivity contribution in [2.24, 2.45) is 0 Å². The van der Waals surface area contributed by atoms with E-state index in [9.17, 15) is 4.79 Å². The largest absolute Gasteiger partial charge is 0.493 e. The third-order valence-electron chi connectivity index (χ3n) is 4.67. The molecular weight excluding hydrogens is 370 g/mol. The molecule has 0 saturated carbocycles. The average molecular weight is 393 g/mol. The van der Waals surface area contributed by atoms with Crippen LogP contribution in [0.25, 0.3) is 11.3 Å². The van der Waals surface area contributed by atoms with Crippen LogP contribution < -0.4 is 14.8 Å². The first kappa shape index (κ1) is 19.0. The van der Waals surface area contributed by atoms with Crippen molar-refractivity contribution >= 4 is 11.6 Å². The molecule has 1 N–H and O–H groups in total. The van der Waals surface area contributed by atoms with Gasteiger partial charge in [-0.3, -0.25) is 9.48 Å². The smallest absolute Gasteiger partial charge is 0.246 e. The first-order chi connectivity index (χ1) is 14.2. The zero-order valence-corrected chi connectivity index (χ0v) is 16.2. The molecule has 150 valence electrons. The Morgan fingerprint density at radius 3 is 2.83 bits per heavy atom. The number of anilines is 1. The molecule has 7 nitrogen and oxygen atoms in total. The van der Waals surface area contributed by atoms with Gasteiger partial charge in [0.2, 0.25) is 5.91 Å². The predicted octanol–water partition coefficient (Wildman–Crippen LogP) is 3.71. The number of hydrogen-bond donors (Lipinski definition) is 1. The van der Waals surface area contributed by atoms with Gasteiger partial charge in [0.1, 0.15) is 6.54 Å². The molecule has 1 amide bonds. The lowest BCUT2D eigenvalue weighted by Gasteiger charge is -2.17. The van der Waals surface area contributed by atoms with Gasteiger partial charge >= 0.3 is 0 Å². The molecule has 0 unspecified atom stereocenters. The molecule has 0 bridgehead atoms. The fraction of sp³-hybridized carbons (Fsp3) is 0.273. The van der Waals surface area contributed by atoms with Gasteiger partial charge in [-0.2, -0.15) is 5.10 Å². The van der Waals surface area contributed by atoms with Gasteiger partial charge in [0.25, 0.3) is 0 Å². The van der Waals surface area contributed by atoms with Crippen molar-refractivity contribution in [2.75, 3.05) is 19.0 Å². The highest BCUT2D eigenvalue weighted by atomic mass is 16.7. The summed E-state index contributed by atoms with van der Waals surface area (Å²) in [6.07, 6.45) is 3.25. The van der Waals surface area contributed by atoms with E-state index in [0.717, 1.165) is 29.8 Å². The number of rotatable bonds is 7. The summed E-state index contributed by atoms with van der Waals surface area (Å²) in [6, 6.07) is 16.9. The molecule has 4 rings (SSSR count). The number of hydrogen-bond acceptors (Lipinski definition) is 5. The Balaban J connectivity index is 1.53. The molecule has 0 radical (unpaired) electrons. The van der Waals surface area contributed by atoms with E-state index in [0.29, 0.717) is 18.1 Å². The van der Waals surface area contributed by atoms with Crippen molar-refractivity contribution in [1.29, 1.82) is 0 Å². The fourth-order valence-electron chi connectivity index (χ4n) is 3.27. The molecule has 1 saturated heterocycles. The maximum absolute atomic E-state index is 12.4. The van der Waals surface area contributed by atoms with Gasteiger partial charge in [0.05, 0.1) is 19.4 Å². The SMILES string of the molecule is COc1ccc(-c2ccnn2CC(=O)Nc2ccccc2)cc1O[C@H]1CCCO1. The van der Waals surface area contributed by atoms with Gasteiger partial charge < -0.3 is 19.5 Å². The lowest BCUT2D eigenvalue weighted by molar-refractivity contribution is -0.116. The van der Waals surface area contributed by atoms with Crippen LogP contribution >= 0.6 is 0 Å². The number of carbonyl (C=O) groups excluding carboxylic acids is 1. The summed E-state index contributed by atoms with van der Waals surface area (Å²) in [5.74, 6) is 1.10. The normalized spacial score (nSPS) is 15.8. The third-order valence-corrected chi connectivity index (χ3v) is 4.67. The van der Waals surface area contributed by atoms with E-state index in [2.05, 4.69) is 10.4 Å². The topological polar surface area (TPSA) is 74.6 Å². The number of amides is 1. The fourth-order valence-corrected chi connectivity index (χ4v) is 3.27. The van der Waals surface area contributed by atoms with Crippen LogP contribution in [-0.4, -0.2) is 35.7 Å². The zero-order chi connectivity index (χ0) is 20.1. The van der Waals surface area contributed by atoms with Crippen molar-refractivity contribution in [2.45, 2.75) is 25.7 Å². The van der Waals surface area contributed by atoms with Crippen molar-refractivity contribution in [1.82, 2.24) is 9.78 Å². The molecule has 3 aromatic rings. The molecular formula is C22H23N3O4. The first-order valence-corrected chi connectivity index (χ1v) is 9.56. The van der Waals surface area contributed by atoms with Gasteiger partial charge in [0, 0.05) is 23.9 Å². The van der Waals surface area contributed by atoms with Crippen molar-refractivity contribution < 1.29 is 19.0 Å². The third kappa shape index (κ3) is 4.57. The molecule has 0 aliphatic carbocycles. The van der Waals surface area contributed by atoms with Crippen LogP contribution in [0.3, 0.4) is 0 Å². The number of nitrogens with zero attached hydrogens (tertiary/aromatic N) is 2. The number of para-hydroxylation sites is 1. The van der Waals surface area contributed by atoms with Crippen LogP contribution in [0, 0.1) is 0 Å². The summed E-state index contributed by atoms with van der Waals surface area (Å²) in [4.78, 5) is 12.4. The van der Waals surface area contributed by atoms with E-state index in [1.54, 1.807) is 18.0 Å². The molecule has 2 aromatic carbocycles. The predicted molar refractivity (Wildman–Crippen MR) is 109 cm³/mol.